The number of thiocarbonyl (C=S) groups is 1. The molecule has 0 aliphatic rings. The topological polar surface area (TPSA) is 35.2 Å². The molecule has 2 aromatic rings. The summed E-state index contributed by atoms with van der Waals surface area (Å²) in [5.74, 6) is -0.837. The summed E-state index contributed by atoms with van der Waals surface area (Å²) < 4.78 is 33.2. The predicted molar refractivity (Wildman–Crippen MR) is 85.5 cm³/mol. The standard InChI is InChI=1S/C15H12BrF2NOS/c1-8-2-3-9(15(19)21)6-13(8)20-7-10-12(17)5-4-11(16)14(10)18/h2-6H,7H2,1H3,(H2,19,21). The molecule has 0 radical (unpaired) electrons. The van der Waals surface area contributed by atoms with Gasteiger partial charge in [-0.25, -0.2) is 8.78 Å². The van der Waals surface area contributed by atoms with E-state index in [0.29, 0.717) is 11.3 Å². The van der Waals surface area contributed by atoms with Gasteiger partial charge in [-0.1, -0.05) is 24.4 Å². The minimum Gasteiger partial charge on any atom is -0.488 e. The number of nitrogens with two attached hydrogens (primary N) is 1. The lowest BCUT2D eigenvalue weighted by Gasteiger charge is -2.12. The largest absolute Gasteiger partial charge is 0.488 e. The van der Waals surface area contributed by atoms with Gasteiger partial charge in [0.05, 0.1) is 10.0 Å². The van der Waals surface area contributed by atoms with E-state index >= 15 is 0 Å². The van der Waals surface area contributed by atoms with E-state index in [2.05, 4.69) is 15.9 Å². The summed E-state index contributed by atoms with van der Waals surface area (Å²) >= 11 is 7.92. The van der Waals surface area contributed by atoms with Crippen LogP contribution in [0.3, 0.4) is 0 Å². The average Bonchev–Trinajstić information content (AvgIpc) is 2.44. The summed E-state index contributed by atoms with van der Waals surface area (Å²) in [6.45, 7) is 1.60. The highest BCUT2D eigenvalue weighted by Crippen LogP contribution is 2.25. The van der Waals surface area contributed by atoms with Crippen LogP contribution in [0.4, 0.5) is 8.78 Å². The molecule has 0 bridgehead atoms. The quantitative estimate of drug-likeness (QED) is 0.644. The minimum absolute atomic E-state index is 0.135. The Morgan fingerprint density at radius 2 is 2.00 bits per heavy atom. The minimum atomic E-state index is -0.668. The van der Waals surface area contributed by atoms with Crippen molar-refractivity contribution in [3.05, 3.63) is 63.1 Å². The first-order chi connectivity index (χ1) is 9.90. The number of aryl methyl sites for hydroxylation is 1. The fourth-order valence-electron chi connectivity index (χ4n) is 1.76. The van der Waals surface area contributed by atoms with Crippen molar-refractivity contribution in [3.8, 4) is 5.75 Å². The van der Waals surface area contributed by atoms with Gasteiger partial charge in [-0.15, -0.1) is 0 Å². The first kappa shape index (κ1) is 15.9. The van der Waals surface area contributed by atoms with E-state index in [1.807, 2.05) is 6.92 Å². The maximum absolute atomic E-state index is 13.9. The number of benzene rings is 2. The van der Waals surface area contributed by atoms with Gasteiger partial charge < -0.3 is 10.5 Å². The lowest BCUT2D eigenvalue weighted by Crippen LogP contribution is -2.10. The van der Waals surface area contributed by atoms with Crippen LogP contribution in [-0.2, 0) is 6.61 Å². The molecule has 2 N–H and O–H groups in total. The number of hydrogen-bond donors (Lipinski definition) is 1. The zero-order chi connectivity index (χ0) is 15.6. The first-order valence-corrected chi connectivity index (χ1v) is 7.26. The third-order valence-corrected chi connectivity index (χ3v) is 3.83. The second-order valence-corrected chi connectivity index (χ2v) is 5.75. The molecule has 0 fully saturated rings. The van der Waals surface area contributed by atoms with Gasteiger partial charge >= 0.3 is 0 Å². The Bertz CT molecular complexity index is 706. The molecule has 0 spiro atoms. The molecule has 0 saturated heterocycles. The molecule has 2 nitrogen and oxygen atoms in total. The number of hydrogen-bond acceptors (Lipinski definition) is 2. The highest BCUT2D eigenvalue weighted by molar-refractivity contribution is 9.10. The molecule has 6 heteroatoms. The van der Waals surface area contributed by atoms with Crippen LogP contribution < -0.4 is 10.5 Å². The Morgan fingerprint density at radius 3 is 2.67 bits per heavy atom. The van der Waals surface area contributed by atoms with Crippen molar-refractivity contribution in [3.63, 3.8) is 0 Å². The lowest BCUT2D eigenvalue weighted by atomic mass is 10.1. The maximum Gasteiger partial charge on any atom is 0.146 e. The number of rotatable bonds is 4. The van der Waals surface area contributed by atoms with Crippen molar-refractivity contribution < 1.29 is 13.5 Å². The van der Waals surface area contributed by atoms with Gasteiger partial charge in [-0.05, 0) is 46.6 Å². The van der Waals surface area contributed by atoms with E-state index in [1.165, 1.54) is 12.1 Å². The summed E-state index contributed by atoms with van der Waals surface area (Å²) in [5.41, 5.74) is 6.89. The Kier molecular flexibility index (Phi) is 4.90. The molecule has 0 unspecified atom stereocenters. The van der Waals surface area contributed by atoms with Crippen molar-refractivity contribution in [1.82, 2.24) is 0 Å². The van der Waals surface area contributed by atoms with E-state index in [0.717, 1.165) is 5.56 Å². The van der Waals surface area contributed by atoms with Crippen LogP contribution in [0.15, 0.2) is 34.8 Å². The van der Waals surface area contributed by atoms with Crippen LogP contribution in [0.1, 0.15) is 16.7 Å². The molecule has 0 aliphatic heterocycles. The maximum atomic E-state index is 13.9. The van der Waals surface area contributed by atoms with E-state index in [9.17, 15) is 8.78 Å². The highest BCUT2D eigenvalue weighted by Gasteiger charge is 2.14. The molecule has 2 aromatic carbocycles. The van der Waals surface area contributed by atoms with E-state index in [-0.39, 0.29) is 21.6 Å². The second kappa shape index (κ2) is 6.49. The zero-order valence-electron chi connectivity index (χ0n) is 11.1. The van der Waals surface area contributed by atoms with E-state index < -0.39 is 11.6 Å². The summed E-state index contributed by atoms with van der Waals surface area (Å²) in [4.78, 5) is 0.236. The summed E-state index contributed by atoms with van der Waals surface area (Å²) in [6.07, 6.45) is 0. The highest BCUT2D eigenvalue weighted by atomic mass is 79.9. The van der Waals surface area contributed by atoms with Crippen LogP contribution in [0.2, 0.25) is 0 Å². The number of ether oxygens (including phenoxy) is 1. The molecule has 0 aromatic heterocycles. The third-order valence-electron chi connectivity index (χ3n) is 2.98. The van der Waals surface area contributed by atoms with Gasteiger partial charge in [0.15, 0.2) is 0 Å². The van der Waals surface area contributed by atoms with Crippen molar-refractivity contribution in [1.29, 1.82) is 0 Å². The van der Waals surface area contributed by atoms with Crippen LogP contribution in [0.5, 0.6) is 5.75 Å². The summed E-state index contributed by atoms with van der Waals surface area (Å²) in [7, 11) is 0. The Labute approximate surface area is 135 Å². The van der Waals surface area contributed by atoms with Crippen LogP contribution in [0, 0.1) is 18.6 Å². The van der Waals surface area contributed by atoms with Crippen molar-refractivity contribution in [2.45, 2.75) is 13.5 Å². The fourth-order valence-corrected chi connectivity index (χ4v) is 2.26. The molecular weight excluding hydrogens is 360 g/mol. The summed E-state index contributed by atoms with van der Waals surface area (Å²) in [6, 6.07) is 7.71. The number of halogens is 3. The molecule has 0 amide bonds. The molecule has 2 rings (SSSR count). The Morgan fingerprint density at radius 1 is 1.29 bits per heavy atom. The molecule has 0 saturated carbocycles. The predicted octanol–water partition coefficient (Wildman–Crippen LogP) is 4.25. The van der Waals surface area contributed by atoms with Crippen molar-refractivity contribution in [2.24, 2.45) is 5.73 Å². The lowest BCUT2D eigenvalue weighted by molar-refractivity contribution is 0.290. The second-order valence-electron chi connectivity index (χ2n) is 4.45. The zero-order valence-corrected chi connectivity index (χ0v) is 13.5. The molecule has 0 heterocycles. The third kappa shape index (κ3) is 3.57. The smallest absolute Gasteiger partial charge is 0.146 e. The van der Waals surface area contributed by atoms with Gasteiger partial charge in [0.25, 0.3) is 0 Å². The molecule has 0 aliphatic carbocycles. The van der Waals surface area contributed by atoms with Crippen molar-refractivity contribution >= 4 is 33.1 Å². The van der Waals surface area contributed by atoms with Crippen LogP contribution >= 0.6 is 28.1 Å². The van der Waals surface area contributed by atoms with Crippen LogP contribution in [-0.4, -0.2) is 4.99 Å². The van der Waals surface area contributed by atoms with Crippen LogP contribution in [0.25, 0.3) is 0 Å². The van der Waals surface area contributed by atoms with Crippen molar-refractivity contribution in [2.75, 3.05) is 0 Å². The summed E-state index contributed by atoms with van der Waals surface area (Å²) in [5, 5.41) is 0. The molecular formula is C15H12BrF2NOS. The monoisotopic (exact) mass is 371 g/mol. The van der Waals surface area contributed by atoms with E-state index in [1.54, 1.807) is 18.2 Å². The van der Waals surface area contributed by atoms with Gasteiger partial charge in [0, 0.05) is 5.56 Å². The molecule has 110 valence electrons. The van der Waals surface area contributed by atoms with E-state index in [4.69, 9.17) is 22.7 Å². The van der Waals surface area contributed by atoms with Gasteiger partial charge in [-0.3, -0.25) is 0 Å². The van der Waals surface area contributed by atoms with Gasteiger partial charge in [0.2, 0.25) is 0 Å². The SMILES string of the molecule is Cc1ccc(C(N)=S)cc1OCc1c(F)ccc(Br)c1F. The molecule has 21 heavy (non-hydrogen) atoms. The average molecular weight is 372 g/mol. The van der Waals surface area contributed by atoms with Gasteiger partial charge in [-0.2, -0.15) is 0 Å². The van der Waals surface area contributed by atoms with Gasteiger partial charge in [0.1, 0.15) is 29.0 Å². The first-order valence-electron chi connectivity index (χ1n) is 6.05. The Balaban J connectivity index is 2.26. The molecule has 0 atom stereocenters. The Hall–Kier alpha value is -1.53. The fraction of sp³-hybridized carbons (Fsp3) is 0.133. The normalized spacial score (nSPS) is 10.5.